The third-order valence-electron chi connectivity index (χ3n) is 3.12. The average molecular weight is 201 g/mol. The predicted octanol–water partition coefficient (Wildman–Crippen LogP) is 1.86. The van der Waals surface area contributed by atoms with E-state index >= 15 is 0 Å². The Kier molecular flexibility index (Phi) is 1.83. The molecule has 15 heavy (non-hydrogen) atoms. The fourth-order valence-electron chi connectivity index (χ4n) is 2.33. The van der Waals surface area contributed by atoms with E-state index in [0.29, 0.717) is 0 Å². The molecule has 78 valence electrons. The van der Waals surface area contributed by atoms with Crippen LogP contribution in [0, 0.1) is 6.92 Å². The van der Waals surface area contributed by atoms with Gasteiger partial charge in [0.25, 0.3) is 0 Å². The molecule has 1 aromatic heterocycles. The van der Waals surface area contributed by atoms with E-state index in [2.05, 4.69) is 34.0 Å². The second kappa shape index (κ2) is 3.07. The maximum atomic E-state index is 4.47. The molecule has 0 amide bonds. The summed E-state index contributed by atoms with van der Waals surface area (Å²) in [5.41, 5.74) is 5.18. The summed E-state index contributed by atoms with van der Waals surface area (Å²) in [5, 5.41) is 0. The molecule has 3 heteroatoms. The molecular weight excluding hydrogens is 186 g/mol. The van der Waals surface area contributed by atoms with E-state index in [0.717, 1.165) is 30.9 Å². The average Bonchev–Trinajstić information content (AvgIpc) is 2.53. The lowest BCUT2D eigenvalue weighted by Gasteiger charge is -2.24. The number of nitrogens with one attached hydrogen (secondary N) is 1. The lowest BCUT2D eigenvalue weighted by molar-refractivity contribution is 0.313. The molecule has 0 atom stereocenters. The molecule has 1 aliphatic rings. The number of hydrogen-bond donors (Lipinski definition) is 1. The molecular formula is C12H15N3. The quantitative estimate of drug-likeness (QED) is 0.705. The van der Waals surface area contributed by atoms with Crippen molar-refractivity contribution in [2.24, 2.45) is 0 Å². The molecule has 0 saturated heterocycles. The predicted molar refractivity (Wildman–Crippen MR) is 60.9 cm³/mol. The van der Waals surface area contributed by atoms with Gasteiger partial charge in [-0.3, -0.25) is 0 Å². The van der Waals surface area contributed by atoms with E-state index in [1.165, 1.54) is 16.6 Å². The van der Waals surface area contributed by atoms with Crippen LogP contribution in [0.5, 0.6) is 0 Å². The summed E-state index contributed by atoms with van der Waals surface area (Å²) < 4.78 is 0. The Labute approximate surface area is 89.1 Å². The van der Waals surface area contributed by atoms with Crippen LogP contribution in [0.2, 0.25) is 0 Å². The highest BCUT2D eigenvalue weighted by Gasteiger charge is 2.14. The van der Waals surface area contributed by atoms with Crippen molar-refractivity contribution >= 4 is 11.0 Å². The molecule has 0 bridgehead atoms. The standard InChI is InChI=1S/C12H15N3/c1-8-13-11-5-9-3-4-15(2)7-10(9)6-12(11)14-8/h5-6H,3-4,7H2,1-2H3,(H,13,14). The molecule has 0 fully saturated rings. The Morgan fingerprint density at radius 3 is 3.07 bits per heavy atom. The van der Waals surface area contributed by atoms with Gasteiger partial charge in [-0.05, 0) is 43.7 Å². The number of nitrogens with zero attached hydrogens (tertiary/aromatic N) is 2. The summed E-state index contributed by atoms with van der Waals surface area (Å²) in [6.07, 6.45) is 1.15. The number of hydrogen-bond acceptors (Lipinski definition) is 2. The van der Waals surface area contributed by atoms with Gasteiger partial charge < -0.3 is 9.88 Å². The molecule has 1 aromatic carbocycles. The molecule has 0 aliphatic carbocycles. The highest BCUT2D eigenvalue weighted by molar-refractivity contribution is 5.77. The van der Waals surface area contributed by atoms with Gasteiger partial charge in [0.15, 0.2) is 0 Å². The number of aromatic nitrogens is 2. The van der Waals surface area contributed by atoms with Crippen LogP contribution in [0.1, 0.15) is 17.0 Å². The fraction of sp³-hybridized carbons (Fsp3) is 0.417. The zero-order valence-electron chi connectivity index (χ0n) is 9.17. The first-order valence-electron chi connectivity index (χ1n) is 5.39. The van der Waals surface area contributed by atoms with Crippen LogP contribution >= 0.6 is 0 Å². The van der Waals surface area contributed by atoms with Gasteiger partial charge in [-0.2, -0.15) is 0 Å². The zero-order chi connectivity index (χ0) is 10.4. The van der Waals surface area contributed by atoms with Crippen molar-refractivity contribution in [1.29, 1.82) is 0 Å². The number of aromatic amines is 1. The van der Waals surface area contributed by atoms with Gasteiger partial charge in [0.2, 0.25) is 0 Å². The summed E-state index contributed by atoms with van der Waals surface area (Å²) in [4.78, 5) is 10.1. The van der Waals surface area contributed by atoms with Gasteiger partial charge in [0.05, 0.1) is 11.0 Å². The molecule has 0 radical (unpaired) electrons. The minimum atomic E-state index is 1.00. The van der Waals surface area contributed by atoms with Crippen molar-refractivity contribution in [3.05, 3.63) is 29.1 Å². The van der Waals surface area contributed by atoms with Gasteiger partial charge in [0.1, 0.15) is 5.82 Å². The van der Waals surface area contributed by atoms with E-state index in [-0.39, 0.29) is 0 Å². The third-order valence-corrected chi connectivity index (χ3v) is 3.12. The van der Waals surface area contributed by atoms with Crippen LogP contribution in [-0.4, -0.2) is 28.5 Å². The number of fused-ring (bicyclic) bond motifs is 2. The summed E-state index contributed by atoms with van der Waals surface area (Å²) in [7, 11) is 2.17. The number of imidazole rings is 1. The Balaban J connectivity index is 2.19. The van der Waals surface area contributed by atoms with Crippen LogP contribution in [0.4, 0.5) is 0 Å². The number of H-pyrrole nitrogens is 1. The zero-order valence-corrected chi connectivity index (χ0v) is 9.17. The van der Waals surface area contributed by atoms with Crippen LogP contribution in [0.3, 0.4) is 0 Å². The summed E-state index contributed by atoms with van der Waals surface area (Å²) in [6.45, 7) is 4.22. The monoisotopic (exact) mass is 201 g/mol. The van der Waals surface area contributed by atoms with E-state index in [1.807, 2.05) is 6.92 Å². The topological polar surface area (TPSA) is 31.9 Å². The molecule has 0 saturated carbocycles. The van der Waals surface area contributed by atoms with Crippen molar-refractivity contribution in [2.75, 3.05) is 13.6 Å². The van der Waals surface area contributed by atoms with Crippen molar-refractivity contribution in [3.63, 3.8) is 0 Å². The molecule has 1 aliphatic heterocycles. The number of likely N-dealkylation sites (N-methyl/N-ethyl adjacent to an activating group) is 1. The molecule has 2 aromatic rings. The first-order valence-corrected chi connectivity index (χ1v) is 5.39. The first kappa shape index (κ1) is 8.92. The van der Waals surface area contributed by atoms with Gasteiger partial charge in [0, 0.05) is 13.1 Å². The minimum absolute atomic E-state index is 1.00. The lowest BCUT2D eigenvalue weighted by Crippen LogP contribution is -2.26. The molecule has 3 rings (SSSR count). The minimum Gasteiger partial charge on any atom is -0.342 e. The van der Waals surface area contributed by atoms with Crippen LogP contribution < -0.4 is 0 Å². The Bertz CT molecular complexity index is 513. The van der Waals surface area contributed by atoms with Crippen molar-refractivity contribution < 1.29 is 0 Å². The fourth-order valence-corrected chi connectivity index (χ4v) is 2.33. The summed E-state index contributed by atoms with van der Waals surface area (Å²) >= 11 is 0. The van der Waals surface area contributed by atoms with E-state index < -0.39 is 0 Å². The van der Waals surface area contributed by atoms with Crippen LogP contribution in [-0.2, 0) is 13.0 Å². The first-order chi connectivity index (χ1) is 7.22. The largest absolute Gasteiger partial charge is 0.342 e. The van der Waals surface area contributed by atoms with Crippen LogP contribution in [0.15, 0.2) is 12.1 Å². The highest BCUT2D eigenvalue weighted by atomic mass is 15.1. The van der Waals surface area contributed by atoms with Crippen molar-refractivity contribution in [1.82, 2.24) is 14.9 Å². The van der Waals surface area contributed by atoms with Crippen molar-refractivity contribution in [2.45, 2.75) is 19.9 Å². The highest BCUT2D eigenvalue weighted by Crippen LogP contribution is 2.23. The third kappa shape index (κ3) is 1.43. The molecule has 2 heterocycles. The smallest absolute Gasteiger partial charge is 0.104 e. The van der Waals surface area contributed by atoms with Gasteiger partial charge >= 0.3 is 0 Å². The van der Waals surface area contributed by atoms with Gasteiger partial charge in [-0.15, -0.1) is 0 Å². The second-order valence-corrected chi connectivity index (χ2v) is 4.45. The van der Waals surface area contributed by atoms with Crippen molar-refractivity contribution in [3.8, 4) is 0 Å². The Hall–Kier alpha value is -1.35. The Morgan fingerprint density at radius 2 is 2.20 bits per heavy atom. The van der Waals surface area contributed by atoms with E-state index in [4.69, 9.17) is 0 Å². The van der Waals surface area contributed by atoms with Gasteiger partial charge in [-0.25, -0.2) is 4.98 Å². The lowest BCUT2D eigenvalue weighted by atomic mass is 9.99. The normalized spacial score (nSPS) is 16.9. The summed E-state index contributed by atoms with van der Waals surface area (Å²) in [5.74, 6) is 1.00. The second-order valence-electron chi connectivity index (χ2n) is 4.45. The maximum Gasteiger partial charge on any atom is 0.104 e. The summed E-state index contributed by atoms with van der Waals surface area (Å²) in [6, 6.07) is 4.49. The SMILES string of the molecule is Cc1nc2cc3c(cc2[nH]1)CN(C)CC3. The maximum absolute atomic E-state index is 4.47. The number of rotatable bonds is 0. The van der Waals surface area contributed by atoms with E-state index in [9.17, 15) is 0 Å². The van der Waals surface area contributed by atoms with E-state index in [1.54, 1.807) is 0 Å². The van der Waals surface area contributed by atoms with Crippen LogP contribution in [0.25, 0.3) is 11.0 Å². The molecule has 1 N–H and O–H groups in total. The number of benzene rings is 1. The van der Waals surface area contributed by atoms with Gasteiger partial charge in [-0.1, -0.05) is 0 Å². The molecule has 3 nitrogen and oxygen atoms in total. The number of aryl methyl sites for hydroxylation is 1. The molecule has 0 spiro atoms. The molecule has 0 unspecified atom stereocenters. The Morgan fingerprint density at radius 1 is 1.33 bits per heavy atom.